The van der Waals surface area contributed by atoms with Crippen LogP contribution in [0.1, 0.15) is 20.3 Å². The van der Waals surface area contributed by atoms with Crippen LogP contribution in [0.3, 0.4) is 0 Å². The Labute approximate surface area is 74.9 Å². The molecule has 1 aliphatic rings. The topological polar surface area (TPSA) is 23.5 Å². The molecule has 1 fully saturated rings. The first-order valence-corrected chi connectivity index (χ1v) is 4.64. The van der Waals surface area contributed by atoms with Crippen molar-refractivity contribution in [1.82, 2.24) is 4.90 Å². The third-order valence-corrected chi connectivity index (χ3v) is 2.66. The van der Waals surface area contributed by atoms with E-state index in [9.17, 15) is 0 Å². The maximum Gasteiger partial charge on any atom is 0.0589 e. The number of hydrogen-bond donors (Lipinski definition) is 1. The Balaban J connectivity index is 2.48. The van der Waals surface area contributed by atoms with E-state index in [1.807, 2.05) is 6.92 Å². The predicted molar refractivity (Wildman–Crippen MR) is 51.0 cm³/mol. The van der Waals surface area contributed by atoms with Crippen molar-refractivity contribution < 1.29 is 5.11 Å². The number of rotatable bonds is 3. The highest BCUT2D eigenvalue weighted by atomic mass is 16.3. The average Bonchev–Trinajstić information content (AvgIpc) is 2.30. The van der Waals surface area contributed by atoms with Gasteiger partial charge in [-0.2, -0.15) is 0 Å². The van der Waals surface area contributed by atoms with Crippen molar-refractivity contribution in [2.75, 3.05) is 19.7 Å². The Morgan fingerprint density at radius 2 is 2.33 bits per heavy atom. The zero-order chi connectivity index (χ0) is 9.14. The molecule has 1 heterocycles. The molecule has 2 atom stereocenters. The lowest BCUT2D eigenvalue weighted by Gasteiger charge is -2.24. The normalized spacial score (nSPS) is 30.9. The summed E-state index contributed by atoms with van der Waals surface area (Å²) in [6.07, 6.45) is 1.21. The number of aliphatic hydroxyl groups excluding tert-OH is 1. The molecule has 1 aliphatic heterocycles. The molecule has 2 heteroatoms. The van der Waals surface area contributed by atoms with E-state index in [-0.39, 0.29) is 6.61 Å². The Morgan fingerprint density at radius 3 is 2.83 bits per heavy atom. The zero-order valence-electron chi connectivity index (χ0n) is 8.08. The van der Waals surface area contributed by atoms with Crippen LogP contribution in [-0.4, -0.2) is 35.7 Å². The molecule has 0 spiro atoms. The van der Waals surface area contributed by atoms with Crippen molar-refractivity contribution in [2.45, 2.75) is 26.3 Å². The van der Waals surface area contributed by atoms with Crippen LogP contribution in [0.15, 0.2) is 12.2 Å². The van der Waals surface area contributed by atoms with Crippen LogP contribution >= 0.6 is 0 Å². The molecule has 1 saturated heterocycles. The van der Waals surface area contributed by atoms with E-state index >= 15 is 0 Å². The van der Waals surface area contributed by atoms with Gasteiger partial charge in [0.25, 0.3) is 0 Å². The van der Waals surface area contributed by atoms with Crippen LogP contribution in [0.2, 0.25) is 0 Å². The van der Waals surface area contributed by atoms with Crippen LogP contribution in [0.5, 0.6) is 0 Å². The number of likely N-dealkylation sites (tertiary alicyclic amines) is 1. The van der Waals surface area contributed by atoms with Gasteiger partial charge in [0.05, 0.1) is 6.61 Å². The first-order valence-electron chi connectivity index (χ1n) is 4.64. The number of nitrogens with zero attached hydrogens (tertiary/aromatic N) is 1. The van der Waals surface area contributed by atoms with Gasteiger partial charge in [-0.15, -0.1) is 0 Å². The average molecular weight is 169 g/mol. The number of aliphatic hydroxyl groups is 1. The molecule has 0 saturated carbocycles. The maximum atomic E-state index is 9.15. The second-order valence-electron chi connectivity index (χ2n) is 3.94. The van der Waals surface area contributed by atoms with Gasteiger partial charge in [0.2, 0.25) is 0 Å². The fourth-order valence-corrected chi connectivity index (χ4v) is 1.93. The first kappa shape index (κ1) is 9.75. The highest BCUT2D eigenvalue weighted by Gasteiger charge is 2.29. The van der Waals surface area contributed by atoms with Gasteiger partial charge in [0.1, 0.15) is 0 Å². The molecular weight excluding hydrogens is 150 g/mol. The molecule has 0 amide bonds. The quantitative estimate of drug-likeness (QED) is 0.643. The van der Waals surface area contributed by atoms with Crippen molar-refractivity contribution in [1.29, 1.82) is 0 Å². The van der Waals surface area contributed by atoms with Gasteiger partial charge in [-0.25, -0.2) is 0 Å². The van der Waals surface area contributed by atoms with Crippen molar-refractivity contribution >= 4 is 0 Å². The van der Waals surface area contributed by atoms with Gasteiger partial charge in [-0.1, -0.05) is 19.1 Å². The summed E-state index contributed by atoms with van der Waals surface area (Å²) in [5.41, 5.74) is 1.18. The Hall–Kier alpha value is -0.340. The molecule has 0 bridgehead atoms. The minimum absolute atomic E-state index is 0.286. The molecule has 0 aromatic heterocycles. The van der Waals surface area contributed by atoms with Crippen molar-refractivity contribution in [2.24, 2.45) is 5.92 Å². The summed E-state index contributed by atoms with van der Waals surface area (Å²) in [7, 11) is 0. The summed E-state index contributed by atoms with van der Waals surface area (Å²) in [6.45, 7) is 10.5. The summed E-state index contributed by atoms with van der Waals surface area (Å²) in [5, 5.41) is 9.15. The van der Waals surface area contributed by atoms with Gasteiger partial charge in [-0.05, 0) is 25.8 Å². The molecule has 1 rings (SSSR count). The van der Waals surface area contributed by atoms with Crippen LogP contribution in [0.4, 0.5) is 0 Å². The Morgan fingerprint density at radius 1 is 1.67 bits per heavy atom. The molecular formula is C10H19NO. The van der Waals surface area contributed by atoms with Gasteiger partial charge in [-0.3, -0.25) is 4.90 Å². The summed E-state index contributed by atoms with van der Waals surface area (Å²) in [5.74, 6) is 0.634. The van der Waals surface area contributed by atoms with Crippen LogP contribution < -0.4 is 0 Å². The standard InChI is InChI=1S/C10H19NO/c1-8(2)6-11-5-4-9(3)10(11)7-12/h9-10,12H,1,4-7H2,2-3H3. The second kappa shape index (κ2) is 4.06. The van der Waals surface area contributed by atoms with E-state index in [0.29, 0.717) is 12.0 Å². The van der Waals surface area contributed by atoms with Crippen LogP contribution in [0.25, 0.3) is 0 Å². The summed E-state index contributed by atoms with van der Waals surface area (Å²) < 4.78 is 0. The molecule has 2 unspecified atom stereocenters. The largest absolute Gasteiger partial charge is 0.395 e. The van der Waals surface area contributed by atoms with Crippen molar-refractivity contribution in [3.05, 3.63) is 12.2 Å². The molecule has 0 aliphatic carbocycles. The first-order chi connectivity index (χ1) is 5.65. The Kier molecular flexibility index (Phi) is 3.29. The Bertz CT molecular complexity index is 167. The third kappa shape index (κ3) is 2.08. The van der Waals surface area contributed by atoms with E-state index in [1.165, 1.54) is 12.0 Å². The fraction of sp³-hybridized carbons (Fsp3) is 0.800. The summed E-state index contributed by atoms with van der Waals surface area (Å²) in [6, 6.07) is 0.363. The highest BCUT2D eigenvalue weighted by Crippen LogP contribution is 2.23. The molecule has 1 N–H and O–H groups in total. The molecule has 0 aromatic carbocycles. The molecule has 70 valence electrons. The maximum absolute atomic E-state index is 9.15. The molecule has 0 radical (unpaired) electrons. The lowest BCUT2D eigenvalue weighted by Crippen LogP contribution is -2.36. The van der Waals surface area contributed by atoms with Gasteiger partial charge >= 0.3 is 0 Å². The molecule has 0 aromatic rings. The van der Waals surface area contributed by atoms with Crippen LogP contribution in [-0.2, 0) is 0 Å². The minimum atomic E-state index is 0.286. The third-order valence-electron chi connectivity index (χ3n) is 2.66. The zero-order valence-corrected chi connectivity index (χ0v) is 8.08. The summed E-state index contributed by atoms with van der Waals surface area (Å²) in [4.78, 5) is 2.33. The predicted octanol–water partition coefficient (Wildman–Crippen LogP) is 1.27. The van der Waals surface area contributed by atoms with Crippen molar-refractivity contribution in [3.63, 3.8) is 0 Å². The smallest absolute Gasteiger partial charge is 0.0589 e. The van der Waals surface area contributed by atoms with Crippen molar-refractivity contribution in [3.8, 4) is 0 Å². The summed E-state index contributed by atoms with van der Waals surface area (Å²) >= 11 is 0. The molecule has 2 nitrogen and oxygen atoms in total. The highest BCUT2D eigenvalue weighted by molar-refractivity contribution is 4.96. The lowest BCUT2D eigenvalue weighted by atomic mass is 10.0. The van der Waals surface area contributed by atoms with E-state index < -0.39 is 0 Å². The van der Waals surface area contributed by atoms with Gasteiger partial charge in [0.15, 0.2) is 0 Å². The second-order valence-corrected chi connectivity index (χ2v) is 3.94. The van der Waals surface area contributed by atoms with E-state index in [1.54, 1.807) is 0 Å². The van der Waals surface area contributed by atoms with Gasteiger partial charge < -0.3 is 5.11 Å². The molecule has 12 heavy (non-hydrogen) atoms. The fourth-order valence-electron chi connectivity index (χ4n) is 1.93. The minimum Gasteiger partial charge on any atom is -0.395 e. The van der Waals surface area contributed by atoms with E-state index in [2.05, 4.69) is 18.4 Å². The SMILES string of the molecule is C=C(C)CN1CCC(C)C1CO. The van der Waals surface area contributed by atoms with E-state index in [0.717, 1.165) is 13.1 Å². The van der Waals surface area contributed by atoms with E-state index in [4.69, 9.17) is 5.11 Å². The number of hydrogen-bond acceptors (Lipinski definition) is 2. The lowest BCUT2D eigenvalue weighted by molar-refractivity contribution is 0.147. The van der Waals surface area contributed by atoms with Gasteiger partial charge in [0, 0.05) is 12.6 Å². The monoisotopic (exact) mass is 169 g/mol. The van der Waals surface area contributed by atoms with Crippen LogP contribution in [0, 0.1) is 5.92 Å².